The predicted molar refractivity (Wildman–Crippen MR) is 79.2 cm³/mol. The molecular formula is C16H22ClNO. The Labute approximate surface area is 120 Å². The molecule has 19 heavy (non-hydrogen) atoms. The van der Waals surface area contributed by atoms with Crippen molar-refractivity contribution in [2.75, 3.05) is 13.2 Å². The van der Waals surface area contributed by atoms with Gasteiger partial charge < -0.3 is 10.1 Å². The average molecular weight is 280 g/mol. The maximum atomic E-state index is 6.24. The fourth-order valence-electron chi connectivity index (χ4n) is 3.59. The summed E-state index contributed by atoms with van der Waals surface area (Å²) in [5.41, 5.74) is 2.61. The van der Waals surface area contributed by atoms with Crippen molar-refractivity contribution >= 4 is 11.6 Å². The highest BCUT2D eigenvalue weighted by Crippen LogP contribution is 2.37. The zero-order chi connectivity index (χ0) is 13.2. The molecule has 1 heterocycles. The summed E-state index contributed by atoms with van der Waals surface area (Å²) in [6.07, 6.45) is 6.07. The van der Waals surface area contributed by atoms with Gasteiger partial charge in [0.25, 0.3) is 0 Å². The van der Waals surface area contributed by atoms with Crippen molar-refractivity contribution in [1.29, 1.82) is 0 Å². The van der Waals surface area contributed by atoms with Crippen LogP contribution in [0.25, 0.3) is 0 Å². The summed E-state index contributed by atoms with van der Waals surface area (Å²) in [6.45, 7) is 4.06. The van der Waals surface area contributed by atoms with E-state index in [4.69, 9.17) is 16.3 Å². The molecule has 2 unspecified atom stereocenters. The molecule has 0 spiro atoms. The van der Waals surface area contributed by atoms with Crippen LogP contribution in [0.3, 0.4) is 0 Å². The maximum absolute atomic E-state index is 6.24. The minimum absolute atomic E-state index is 0.668. The molecule has 0 saturated heterocycles. The van der Waals surface area contributed by atoms with E-state index < -0.39 is 0 Å². The summed E-state index contributed by atoms with van der Waals surface area (Å²) in [7, 11) is 0. The fraction of sp³-hybridized carbons (Fsp3) is 0.625. The van der Waals surface area contributed by atoms with Crippen molar-refractivity contribution in [3.8, 4) is 5.75 Å². The Balaban J connectivity index is 1.79. The molecule has 3 heteroatoms. The Bertz CT molecular complexity index is 460. The summed E-state index contributed by atoms with van der Waals surface area (Å²) < 4.78 is 5.81. The van der Waals surface area contributed by atoms with E-state index in [0.717, 1.165) is 42.7 Å². The Hall–Kier alpha value is -0.730. The summed E-state index contributed by atoms with van der Waals surface area (Å²) in [5, 5.41) is 4.48. The van der Waals surface area contributed by atoms with E-state index >= 15 is 0 Å². The highest BCUT2D eigenvalue weighted by molar-refractivity contribution is 6.30. The van der Waals surface area contributed by atoms with Crippen molar-refractivity contribution in [3.63, 3.8) is 0 Å². The highest BCUT2D eigenvalue weighted by Gasteiger charge is 2.28. The van der Waals surface area contributed by atoms with Crippen LogP contribution in [0.15, 0.2) is 12.1 Å². The van der Waals surface area contributed by atoms with E-state index in [0.29, 0.717) is 6.04 Å². The quantitative estimate of drug-likeness (QED) is 0.909. The third-order valence-electron chi connectivity index (χ3n) is 4.43. The predicted octanol–water partition coefficient (Wildman–Crippen LogP) is 3.60. The first-order valence-corrected chi connectivity index (χ1v) is 7.83. The summed E-state index contributed by atoms with van der Waals surface area (Å²) in [5.74, 6) is 1.85. The SMILES string of the molecule is CCNC1CCCC1Cc1cc(Cl)cc2c1OCC2. The topological polar surface area (TPSA) is 21.3 Å². The molecule has 1 aliphatic heterocycles. The van der Waals surface area contributed by atoms with Crippen molar-refractivity contribution < 1.29 is 4.74 Å². The van der Waals surface area contributed by atoms with Gasteiger partial charge in [-0.2, -0.15) is 0 Å². The van der Waals surface area contributed by atoms with Gasteiger partial charge in [-0.1, -0.05) is 24.9 Å². The molecule has 1 aromatic rings. The molecule has 0 bridgehead atoms. The molecule has 104 valence electrons. The Morgan fingerprint density at radius 2 is 2.26 bits per heavy atom. The lowest BCUT2D eigenvalue weighted by atomic mass is 9.93. The highest BCUT2D eigenvalue weighted by atomic mass is 35.5. The number of nitrogens with one attached hydrogen (secondary N) is 1. The van der Waals surface area contributed by atoms with Gasteiger partial charge in [0.2, 0.25) is 0 Å². The standard InChI is InChI=1S/C16H22ClNO/c1-2-18-15-5-3-4-11(15)8-13-10-14(17)9-12-6-7-19-16(12)13/h9-11,15,18H,2-8H2,1H3. The van der Waals surface area contributed by atoms with E-state index in [-0.39, 0.29) is 0 Å². The Morgan fingerprint density at radius 3 is 3.11 bits per heavy atom. The van der Waals surface area contributed by atoms with Crippen LogP contribution in [-0.4, -0.2) is 19.2 Å². The smallest absolute Gasteiger partial charge is 0.125 e. The van der Waals surface area contributed by atoms with Crippen molar-refractivity contribution in [3.05, 3.63) is 28.3 Å². The van der Waals surface area contributed by atoms with Crippen LogP contribution >= 0.6 is 11.6 Å². The third kappa shape index (κ3) is 2.75. The van der Waals surface area contributed by atoms with Crippen molar-refractivity contribution in [1.82, 2.24) is 5.32 Å². The van der Waals surface area contributed by atoms with Gasteiger partial charge in [0, 0.05) is 17.5 Å². The van der Waals surface area contributed by atoms with Gasteiger partial charge in [0.1, 0.15) is 5.75 Å². The molecule has 0 aromatic heterocycles. The number of hydrogen-bond donors (Lipinski definition) is 1. The number of halogens is 1. The minimum atomic E-state index is 0.668. The number of hydrogen-bond acceptors (Lipinski definition) is 2. The summed E-state index contributed by atoms with van der Waals surface area (Å²) in [4.78, 5) is 0. The second-order valence-corrected chi connectivity index (χ2v) is 6.15. The van der Waals surface area contributed by atoms with Gasteiger partial charge in [-0.15, -0.1) is 0 Å². The molecule has 1 N–H and O–H groups in total. The summed E-state index contributed by atoms with van der Waals surface area (Å²) >= 11 is 6.24. The molecule has 0 radical (unpaired) electrons. The van der Waals surface area contributed by atoms with Crippen LogP contribution in [0.4, 0.5) is 0 Å². The van der Waals surface area contributed by atoms with Crippen LogP contribution in [0.5, 0.6) is 5.75 Å². The Morgan fingerprint density at radius 1 is 1.37 bits per heavy atom. The number of ether oxygens (including phenoxy) is 1. The van der Waals surface area contributed by atoms with Gasteiger partial charge in [0.05, 0.1) is 6.61 Å². The van der Waals surface area contributed by atoms with E-state index in [2.05, 4.69) is 24.4 Å². The van der Waals surface area contributed by atoms with Crippen LogP contribution in [0.2, 0.25) is 5.02 Å². The number of benzene rings is 1. The first kappa shape index (κ1) is 13.3. The van der Waals surface area contributed by atoms with Crippen LogP contribution in [-0.2, 0) is 12.8 Å². The lowest BCUT2D eigenvalue weighted by Gasteiger charge is -2.21. The van der Waals surface area contributed by atoms with Crippen molar-refractivity contribution in [2.45, 2.75) is 45.1 Å². The molecule has 1 fully saturated rings. The van der Waals surface area contributed by atoms with Gasteiger partial charge in [-0.05, 0) is 55.0 Å². The molecule has 2 atom stereocenters. The molecule has 3 rings (SSSR count). The minimum Gasteiger partial charge on any atom is -0.493 e. The van der Waals surface area contributed by atoms with Crippen LogP contribution < -0.4 is 10.1 Å². The lowest BCUT2D eigenvalue weighted by Crippen LogP contribution is -2.33. The molecule has 0 amide bonds. The molecule has 1 aromatic carbocycles. The van der Waals surface area contributed by atoms with Gasteiger partial charge >= 0.3 is 0 Å². The second-order valence-electron chi connectivity index (χ2n) is 5.71. The first-order chi connectivity index (χ1) is 9.28. The lowest BCUT2D eigenvalue weighted by molar-refractivity contribution is 0.346. The average Bonchev–Trinajstić information content (AvgIpc) is 2.99. The van der Waals surface area contributed by atoms with Gasteiger partial charge in [0.15, 0.2) is 0 Å². The van der Waals surface area contributed by atoms with Crippen LogP contribution in [0.1, 0.15) is 37.3 Å². The van der Waals surface area contributed by atoms with Gasteiger partial charge in [-0.25, -0.2) is 0 Å². The molecule has 2 aliphatic rings. The Kier molecular flexibility index (Phi) is 3.99. The van der Waals surface area contributed by atoms with E-state index in [1.807, 2.05) is 0 Å². The first-order valence-electron chi connectivity index (χ1n) is 7.45. The largest absolute Gasteiger partial charge is 0.493 e. The fourth-order valence-corrected chi connectivity index (χ4v) is 3.86. The maximum Gasteiger partial charge on any atom is 0.125 e. The number of fused-ring (bicyclic) bond motifs is 1. The zero-order valence-electron chi connectivity index (χ0n) is 11.5. The normalized spacial score (nSPS) is 25.4. The van der Waals surface area contributed by atoms with E-state index in [1.54, 1.807) is 0 Å². The van der Waals surface area contributed by atoms with Crippen molar-refractivity contribution in [2.24, 2.45) is 5.92 Å². The monoisotopic (exact) mass is 279 g/mol. The summed E-state index contributed by atoms with van der Waals surface area (Å²) in [6, 6.07) is 4.83. The molecule has 1 saturated carbocycles. The van der Waals surface area contributed by atoms with E-state index in [9.17, 15) is 0 Å². The van der Waals surface area contributed by atoms with Gasteiger partial charge in [-0.3, -0.25) is 0 Å². The molecule has 2 nitrogen and oxygen atoms in total. The third-order valence-corrected chi connectivity index (χ3v) is 4.65. The second kappa shape index (κ2) is 5.72. The van der Waals surface area contributed by atoms with E-state index in [1.165, 1.54) is 30.4 Å². The van der Waals surface area contributed by atoms with Crippen LogP contribution in [0, 0.1) is 5.92 Å². The molecular weight excluding hydrogens is 258 g/mol. The molecule has 1 aliphatic carbocycles. The zero-order valence-corrected chi connectivity index (χ0v) is 12.3. The number of rotatable bonds is 4.